The molecule has 6 heteroatoms. The molecule has 2 rings (SSSR count). The molecule has 1 aromatic heterocycles. The van der Waals surface area contributed by atoms with Crippen LogP contribution in [0.4, 0.5) is 4.79 Å². The molecule has 0 spiro atoms. The Morgan fingerprint density at radius 3 is 2.83 bits per heavy atom. The number of nitrogens with one attached hydrogen (secondary N) is 1. The summed E-state index contributed by atoms with van der Waals surface area (Å²) in [4.78, 5) is 18.5. The summed E-state index contributed by atoms with van der Waals surface area (Å²) in [7, 11) is 0. The molecule has 0 radical (unpaired) electrons. The Bertz CT molecular complexity index is 498. The van der Waals surface area contributed by atoms with E-state index in [1.54, 1.807) is 11.3 Å². The van der Waals surface area contributed by atoms with Gasteiger partial charge in [0.1, 0.15) is 5.60 Å². The van der Waals surface area contributed by atoms with E-state index in [1.165, 1.54) is 0 Å². The van der Waals surface area contributed by atoms with Crippen LogP contribution in [0.5, 0.6) is 0 Å². The number of piperidine rings is 1. The Balaban J connectivity index is 1.88. The predicted molar refractivity (Wildman–Crippen MR) is 93.7 cm³/mol. The largest absolute Gasteiger partial charge is 0.444 e. The lowest BCUT2D eigenvalue weighted by Crippen LogP contribution is -2.48. The highest BCUT2D eigenvalue weighted by atomic mass is 32.1. The van der Waals surface area contributed by atoms with Crippen LogP contribution in [-0.2, 0) is 4.74 Å². The van der Waals surface area contributed by atoms with E-state index < -0.39 is 5.60 Å². The first kappa shape index (κ1) is 18.2. The Hall–Kier alpha value is -1.14. The third kappa shape index (κ3) is 5.46. The van der Waals surface area contributed by atoms with E-state index in [1.807, 2.05) is 31.2 Å². The average molecular weight is 340 g/mol. The fourth-order valence-electron chi connectivity index (χ4n) is 2.96. The van der Waals surface area contributed by atoms with Crippen LogP contribution in [0, 0.1) is 5.92 Å². The molecule has 1 amide bonds. The maximum Gasteiger partial charge on any atom is 0.410 e. The third-order valence-electron chi connectivity index (χ3n) is 4.22. The minimum Gasteiger partial charge on any atom is -0.444 e. The molecule has 0 bridgehead atoms. The molecule has 1 aliphatic rings. The molecular formula is C17H29N3O2S. The lowest BCUT2D eigenvalue weighted by molar-refractivity contribution is 0.0146. The Morgan fingerprint density at radius 1 is 1.48 bits per heavy atom. The quantitative estimate of drug-likeness (QED) is 0.906. The zero-order valence-electron chi connectivity index (χ0n) is 14.8. The lowest BCUT2D eigenvalue weighted by Gasteiger charge is -2.37. The van der Waals surface area contributed by atoms with Crippen LogP contribution in [-0.4, -0.2) is 40.7 Å². The number of carbonyl (C=O) groups is 1. The number of amides is 1. The van der Waals surface area contributed by atoms with Crippen molar-refractivity contribution in [3.05, 3.63) is 16.6 Å². The van der Waals surface area contributed by atoms with Crippen LogP contribution in [0.1, 0.15) is 59.2 Å². The lowest BCUT2D eigenvalue weighted by atomic mass is 9.91. The van der Waals surface area contributed by atoms with Gasteiger partial charge in [0.2, 0.25) is 0 Å². The van der Waals surface area contributed by atoms with Gasteiger partial charge in [-0.3, -0.25) is 0 Å². The van der Waals surface area contributed by atoms with E-state index in [-0.39, 0.29) is 12.1 Å². The van der Waals surface area contributed by atoms with Gasteiger partial charge in [0.15, 0.2) is 0 Å². The number of carbonyl (C=O) groups excluding carboxylic acids is 1. The standard InChI is InChI=1S/C17H29N3O2S/c1-12(19-13(2)15-10-23-11-18-15)14-7-6-8-20(9-14)16(21)22-17(3,4)5/h10-14,19H,6-9H2,1-5H3. The topological polar surface area (TPSA) is 54.5 Å². The zero-order chi connectivity index (χ0) is 17.0. The first-order valence-electron chi connectivity index (χ1n) is 8.38. The van der Waals surface area contributed by atoms with Crippen LogP contribution in [0.3, 0.4) is 0 Å². The van der Waals surface area contributed by atoms with Gasteiger partial charge in [0, 0.05) is 30.6 Å². The van der Waals surface area contributed by atoms with Gasteiger partial charge in [-0.1, -0.05) is 0 Å². The Kier molecular flexibility index (Phi) is 6.03. The Labute approximate surface area is 143 Å². The number of hydrogen-bond donors (Lipinski definition) is 1. The first-order chi connectivity index (χ1) is 10.8. The van der Waals surface area contributed by atoms with Crippen molar-refractivity contribution in [2.75, 3.05) is 13.1 Å². The molecule has 23 heavy (non-hydrogen) atoms. The summed E-state index contributed by atoms with van der Waals surface area (Å²) in [5.41, 5.74) is 2.51. The summed E-state index contributed by atoms with van der Waals surface area (Å²) >= 11 is 1.62. The van der Waals surface area contributed by atoms with E-state index in [2.05, 4.69) is 29.5 Å². The van der Waals surface area contributed by atoms with Crippen molar-refractivity contribution in [1.29, 1.82) is 0 Å². The van der Waals surface area contributed by atoms with Gasteiger partial charge in [-0.15, -0.1) is 11.3 Å². The maximum absolute atomic E-state index is 12.3. The molecule has 1 fully saturated rings. The van der Waals surface area contributed by atoms with Crippen molar-refractivity contribution in [1.82, 2.24) is 15.2 Å². The van der Waals surface area contributed by atoms with Crippen LogP contribution in [0.2, 0.25) is 0 Å². The fraction of sp³-hybridized carbons (Fsp3) is 0.765. The van der Waals surface area contributed by atoms with Crippen LogP contribution in [0.25, 0.3) is 0 Å². The van der Waals surface area contributed by atoms with Gasteiger partial charge < -0.3 is 15.0 Å². The molecule has 1 aromatic rings. The molecule has 0 saturated carbocycles. The second-order valence-corrected chi connectivity index (χ2v) is 8.14. The SMILES string of the molecule is CC(NC(C)C1CCCN(C(=O)OC(C)(C)C)C1)c1cscn1. The average Bonchev–Trinajstić information content (AvgIpc) is 3.00. The number of nitrogens with zero attached hydrogens (tertiary/aromatic N) is 2. The smallest absolute Gasteiger partial charge is 0.410 e. The van der Waals surface area contributed by atoms with Gasteiger partial charge in [-0.25, -0.2) is 9.78 Å². The number of ether oxygens (including phenoxy) is 1. The maximum atomic E-state index is 12.3. The second kappa shape index (κ2) is 7.62. The van der Waals surface area contributed by atoms with Crippen molar-refractivity contribution in [3.63, 3.8) is 0 Å². The highest BCUT2D eigenvalue weighted by Crippen LogP contribution is 2.23. The fourth-order valence-corrected chi connectivity index (χ4v) is 3.61. The van der Waals surface area contributed by atoms with Crippen LogP contribution < -0.4 is 5.32 Å². The normalized spacial score (nSPS) is 21.8. The summed E-state index contributed by atoms with van der Waals surface area (Å²) < 4.78 is 5.50. The summed E-state index contributed by atoms with van der Waals surface area (Å²) in [5, 5.41) is 5.71. The molecule has 5 nitrogen and oxygen atoms in total. The zero-order valence-corrected chi connectivity index (χ0v) is 15.7. The summed E-state index contributed by atoms with van der Waals surface area (Å²) in [5.74, 6) is 0.442. The van der Waals surface area contributed by atoms with Crippen molar-refractivity contribution in [2.45, 2.75) is 65.1 Å². The molecule has 3 unspecified atom stereocenters. The van der Waals surface area contributed by atoms with E-state index in [0.717, 1.165) is 31.6 Å². The molecule has 0 aliphatic carbocycles. The number of aromatic nitrogens is 1. The molecule has 3 atom stereocenters. The highest BCUT2D eigenvalue weighted by Gasteiger charge is 2.30. The molecule has 2 heterocycles. The molecular weight excluding hydrogens is 310 g/mol. The van der Waals surface area contributed by atoms with Gasteiger partial charge in [-0.2, -0.15) is 0 Å². The number of thiazole rings is 1. The van der Waals surface area contributed by atoms with E-state index in [0.29, 0.717) is 12.0 Å². The first-order valence-corrected chi connectivity index (χ1v) is 9.32. The third-order valence-corrected chi connectivity index (χ3v) is 4.83. The van der Waals surface area contributed by atoms with E-state index in [9.17, 15) is 4.79 Å². The summed E-state index contributed by atoms with van der Waals surface area (Å²) in [6, 6.07) is 0.560. The van der Waals surface area contributed by atoms with Crippen molar-refractivity contribution in [3.8, 4) is 0 Å². The minimum absolute atomic E-state index is 0.193. The van der Waals surface area contributed by atoms with E-state index in [4.69, 9.17) is 4.74 Å². The van der Waals surface area contributed by atoms with Crippen molar-refractivity contribution < 1.29 is 9.53 Å². The molecule has 1 N–H and O–H groups in total. The van der Waals surface area contributed by atoms with Crippen LogP contribution in [0.15, 0.2) is 10.9 Å². The van der Waals surface area contributed by atoms with Crippen LogP contribution >= 0.6 is 11.3 Å². The van der Waals surface area contributed by atoms with Crippen molar-refractivity contribution >= 4 is 17.4 Å². The van der Waals surface area contributed by atoms with Gasteiger partial charge in [0.05, 0.1) is 11.2 Å². The summed E-state index contributed by atoms with van der Waals surface area (Å²) in [6.45, 7) is 11.6. The monoisotopic (exact) mass is 339 g/mol. The predicted octanol–water partition coefficient (Wildman–Crippen LogP) is 3.83. The molecule has 130 valence electrons. The molecule has 1 aliphatic heterocycles. The number of hydrogen-bond acceptors (Lipinski definition) is 5. The van der Waals surface area contributed by atoms with E-state index >= 15 is 0 Å². The highest BCUT2D eigenvalue weighted by molar-refractivity contribution is 7.07. The number of likely N-dealkylation sites (tertiary alicyclic amines) is 1. The second-order valence-electron chi connectivity index (χ2n) is 7.42. The Morgan fingerprint density at radius 2 is 2.22 bits per heavy atom. The van der Waals surface area contributed by atoms with Gasteiger partial charge in [0.25, 0.3) is 0 Å². The summed E-state index contributed by atoms with van der Waals surface area (Å²) in [6.07, 6.45) is 1.97. The van der Waals surface area contributed by atoms with Gasteiger partial charge >= 0.3 is 6.09 Å². The number of rotatable bonds is 4. The van der Waals surface area contributed by atoms with Crippen molar-refractivity contribution in [2.24, 2.45) is 5.92 Å². The minimum atomic E-state index is -0.437. The van der Waals surface area contributed by atoms with Gasteiger partial charge in [-0.05, 0) is 53.4 Å². The molecule has 0 aromatic carbocycles. The molecule has 1 saturated heterocycles.